The number of para-hydroxylation sites is 1. The van der Waals surface area contributed by atoms with Crippen molar-refractivity contribution >= 4 is 68.2 Å². The number of aromatic nitrogens is 1. The number of nitrogens with zero attached hydrogens (tertiary/aromatic N) is 2. The minimum atomic E-state index is -0.646. The molecule has 4 aromatic rings. The molecule has 0 bridgehead atoms. The highest BCUT2D eigenvalue weighted by molar-refractivity contribution is 7.18. The van der Waals surface area contributed by atoms with Crippen LogP contribution in [0.15, 0.2) is 42.5 Å². The van der Waals surface area contributed by atoms with Crippen LogP contribution in [-0.4, -0.2) is 48.9 Å². The number of rotatable bonds is 5. The molecule has 0 saturated heterocycles. The first-order chi connectivity index (χ1) is 17.5. The van der Waals surface area contributed by atoms with E-state index in [0.29, 0.717) is 53.8 Å². The summed E-state index contributed by atoms with van der Waals surface area (Å²) < 4.78 is 4.95. The zero-order valence-corrected chi connectivity index (χ0v) is 23.1. The van der Waals surface area contributed by atoms with Crippen molar-refractivity contribution in [3.63, 3.8) is 0 Å². The van der Waals surface area contributed by atoms with Crippen molar-refractivity contribution in [3.8, 4) is 11.3 Å². The maximum atomic E-state index is 13.8. The van der Waals surface area contributed by atoms with E-state index in [9.17, 15) is 14.4 Å². The number of hydrogen-bond acceptors (Lipinski definition) is 6. The number of ether oxygens (including phenoxy) is 1. The summed E-state index contributed by atoms with van der Waals surface area (Å²) in [5, 5.41) is 4.60. The maximum Gasteiger partial charge on any atom is 0.341 e. The van der Waals surface area contributed by atoms with E-state index in [1.54, 1.807) is 52.2 Å². The Balaban J connectivity index is 1.89. The first kappa shape index (κ1) is 26.6. The van der Waals surface area contributed by atoms with E-state index in [-0.39, 0.29) is 16.5 Å². The molecule has 4 rings (SSSR count). The molecule has 2 heterocycles. The Morgan fingerprint density at radius 2 is 1.70 bits per heavy atom. The Bertz CT molecular complexity index is 1580. The Kier molecular flexibility index (Phi) is 7.54. The predicted molar refractivity (Wildman–Crippen MR) is 148 cm³/mol. The lowest BCUT2D eigenvalue weighted by molar-refractivity contribution is 0.0601. The average molecular weight is 556 g/mol. The van der Waals surface area contributed by atoms with Crippen molar-refractivity contribution in [1.82, 2.24) is 9.88 Å². The molecule has 2 aromatic carbocycles. The van der Waals surface area contributed by atoms with Gasteiger partial charge >= 0.3 is 5.97 Å². The summed E-state index contributed by atoms with van der Waals surface area (Å²) in [6.45, 7) is 3.44. The van der Waals surface area contributed by atoms with Crippen LogP contribution in [0.4, 0.5) is 5.00 Å². The van der Waals surface area contributed by atoms with Crippen LogP contribution in [0.2, 0.25) is 10.0 Å². The molecule has 2 amide bonds. The number of halogens is 2. The van der Waals surface area contributed by atoms with Crippen molar-refractivity contribution < 1.29 is 19.1 Å². The number of thiophene rings is 1. The number of carbonyl (C=O) groups excluding carboxylic acids is 3. The molecule has 10 heteroatoms. The molecule has 37 heavy (non-hydrogen) atoms. The van der Waals surface area contributed by atoms with Crippen molar-refractivity contribution in [2.24, 2.45) is 0 Å². The van der Waals surface area contributed by atoms with E-state index < -0.39 is 11.9 Å². The van der Waals surface area contributed by atoms with Gasteiger partial charge in [0.05, 0.1) is 39.3 Å². The minimum Gasteiger partial charge on any atom is -0.465 e. The maximum absolute atomic E-state index is 13.8. The Hall–Kier alpha value is -3.46. The third-order valence-corrected chi connectivity index (χ3v) is 7.66. The summed E-state index contributed by atoms with van der Waals surface area (Å²) in [6, 6.07) is 12.3. The SMILES string of the molecule is COC(=O)c1c(NC(=O)c2c(C)c(-c3ccc(Cl)cc3Cl)nc3ccccc23)sc(C(=O)N(C)C)c1C. The van der Waals surface area contributed by atoms with E-state index in [0.717, 1.165) is 11.3 Å². The summed E-state index contributed by atoms with van der Waals surface area (Å²) in [5.74, 6) is -1.39. The number of hydrogen-bond donors (Lipinski definition) is 1. The largest absolute Gasteiger partial charge is 0.465 e. The van der Waals surface area contributed by atoms with E-state index in [1.807, 2.05) is 18.2 Å². The fourth-order valence-corrected chi connectivity index (χ4v) is 5.78. The zero-order valence-electron chi connectivity index (χ0n) is 20.7. The molecule has 0 saturated carbocycles. The fraction of sp³-hybridized carbons (Fsp3) is 0.185. The van der Waals surface area contributed by atoms with Gasteiger partial charge in [-0.25, -0.2) is 9.78 Å². The number of amides is 2. The van der Waals surface area contributed by atoms with Gasteiger partial charge in [-0.05, 0) is 49.2 Å². The van der Waals surface area contributed by atoms with Gasteiger partial charge in [0.2, 0.25) is 0 Å². The number of carbonyl (C=O) groups is 3. The van der Waals surface area contributed by atoms with Crippen molar-refractivity contribution in [3.05, 3.63) is 79.6 Å². The molecular formula is C27H23Cl2N3O4S. The van der Waals surface area contributed by atoms with Gasteiger partial charge in [0.15, 0.2) is 0 Å². The summed E-state index contributed by atoms with van der Waals surface area (Å²) in [6.07, 6.45) is 0. The van der Waals surface area contributed by atoms with Gasteiger partial charge in [0, 0.05) is 30.1 Å². The van der Waals surface area contributed by atoms with Crippen LogP contribution in [-0.2, 0) is 4.74 Å². The lowest BCUT2D eigenvalue weighted by Crippen LogP contribution is -2.21. The van der Waals surface area contributed by atoms with Crippen LogP contribution in [0.5, 0.6) is 0 Å². The van der Waals surface area contributed by atoms with E-state index in [2.05, 4.69) is 5.32 Å². The molecule has 0 aliphatic carbocycles. The molecule has 0 radical (unpaired) electrons. The first-order valence-electron chi connectivity index (χ1n) is 11.1. The van der Waals surface area contributed by atoms with Crippen molar-refractivity contribution in [2.45, 2.75) is 13.8 Å². The second-order valence-corrected chi connectivity index (χ2v) is 10.4. The molecule has 0 aliphatic heterocycles. The van der Waals surface area contributed by atoms with Crippen LogP contribution in [0.1, 0.15) is 41.5 Å². The molecule has 0 aliphatic rings. The van der Waals surface area contributed by atoms with Crippen molar-refractivity contribution in [1.29, 1.82) is 0 Å². The van der Waals surface area contributed by atoms with Crippen LogP contribution < -0.4 is 5.32 Å². The number of benzene rings is 2. The molecular weight excluding hydrogens is 533 g/mol. The fourth-order valence-electron chi connectivity index (χ4n) is 4.07. The van der Waals surface area contributed by atoms with Gasteiger partial charge < -0.3 is 15.0 Å². The highest BCUT2D eigenvalue weighted by Gasteiger charge is 2.28. The van der Waals surface area contributed by atoms with Gasteiger partial charge in [-0.15, -0.1) is 11.3 Å². The molecule has 0 spiro atoms. The minimum absolute atomic E-state index is 0.142. The number of pyridine rings is 1. The smallest absolute Gasteiger partial charge is 0.341 e. The van der Waals surface area contributed by atoms with Crippen LogP contribution in [0, 0.1) is 13.8 Å². The Labute approximate surface area is 228 Å². The third kappa shape index (κ3) is 4.92. The molecule has 0 unspecified atom stereocenters. The van der Waals surface area contributed by atoms with Gasteiger partial charge in [-0.1, -0.05) is 41.4 Å². The first-order valence-corrected chi connectivity index (χ1v) is 12.7. The number of methoxy groups -OCH3 is 1. The monoisotopic (exact) mass is 555 g/mol. The molecule has 190 valence electrons. The molecule has 1 N–H and O–H groups in total. The average Bonchev–Trinajstić information content (AvgIpc) is 3.18. The summed E-state index contributed by atoms with van der Waals surface area (Å²) in [4.78, 5) is 45.7. The van der Waals surface area contributed by atoms with Crippen LogP contribution >= 0.6 is 34.5 Å². The summed E-state index contributed by atoms with van der Waals surface area (Å²) >= 11 is 13.6. The van der Waals surface area contributed by atoms with E-state index in [1.165, 1.54) is 12.0 Å². The second kappa shape index (κ2) is 10.5. The highest BCUT2D eigenvalue weighted by atomic mass is 35.5. The summed E-state index contributed by atoms with van der Waals surface area (Å²) in [7, 11) is 4.49. The molecule has 2 aromatic heterocycles. The number of fused-ring (bicyclic) bond motifs is 1. The van der Waals surface area contributed by atoms with Gasteiger partial charge in [-0.3, -0.25) is 9.59 Å². The highest BCUT2D eigenvalue weighted by Crippen LogP contribution is 2.37. The third-order valence-electron chi connectivity index (χ3n) is 5.91. The van der Waals surface area contributed by atoms with Crippen LogP contribution in [0.25, 0.3) is 22.2 Å². The molecule has 0 atom stereocenters. The Morgan fingerprint density at radius 3 is 2.35 bits per heavy atom. The molecule has 7 nitrogen and oxygen atoms in total. The van der Waals surface area contributed by atoms with Gasteiger partial charge in [0.25, 0.3) is 11.8 Å². The lowest BCUT2D eigenvalue weighted by Gasteiger charge is -2.15. The second-order valence-electron chi connectivity index (χ2n) is 8.51. The molecule has 0 fully saturated rings. The number of anilines is 1. The van der Waals surface area contributed by atoms with Crippen LogP contribution in [0.3, 0.4) is 0 Å². The van der Waals surface area contributed by atoms with Gasteiger partial charge in [-0.2, -0.15) is 0 Å². The normalized spacial score (nSPS) is 10.9. The topological polar surface area (TPSA) is 88.6 Å². The number of nitrogens with one attached hydrogen (secondary N) is 1. The van der Waals surface area contributed by atoms with Gasteiger partial charge in [0.1, 0.15) is 5.00 Å². The zero-order chi connectivity index (χ0) is 27.0. The van der Waals surface area contributed by atoms with E-state index in [4.69, 9.17) is 32.9 Å². The Morgan fingerprint density at radius 1 is 1.00 bits per heavy atom. The lowest BCUT2D eigenvalue weighted by atomic mass is 9.97. The standard InChI is InChI=1S/C27H23Cl2N3O4S/c1-13-20(17-8-6-7-9-19(17)30-22(13)16-11-10-15(28)12-18(16)29)24(33)31-25-21(27(35)36-5)14(2)23(37-25)26(34)32(3)4/h6-12H,1-5H3,(H,31,33). The van der Waals surface area contributed by atoms with E-state index >= 15 is 0 Å². The number of esters is 1. The van der Waals surface area contributed by atoms with Crippen molar-refractivity contribution in [2.75, 3.05) is 26.5 Å². The summed E-state index contributed by atoms with van der Waals surface area (Å²) in [5.41, 5.74) is 3.30. The quantitative estimate of drug-likeness (QED) is 0.279. The predicted octanol–water partition coefficient (Wildman–Crippen LogP) is 6.63.